The zero-order chi connectivity index (χ0) is 18.2. The monoisotopic (exact) mass is 394 g/mol. The van der Waals surface area contributed by atoms with E-state index in [0.717, 1.165) is 5.56 Å². The van der Waals surface area contributed by atoms with Crippen LogP contribution >= 0.6 is 23.2 Å². The molecule has 0 amide bonds. The standard InChI is InChI=1S/C15H24Cl2N4O2S/c1-4-18-15(19-8-9-20-24(22,23)5-2)21-11(3)13-7-6-12(16)10-14(13)17/h6-7,10-11,20H,4-5,8-9H2,1-3H3,(H2,18,19,21). The summed E-state index contributed by atoms with van der Waals surface area (Å²) in [5.41, 5.74) is 0.901. The largest absolute Gasteiger partial charge is 0.357 e. The quantitative estimate of drug-likeness (QED) is 0.359. The van der Waals surface area contributed by atoms with E-state index in [1.54, 1.807) is 19.1 Å². The lowest BCUT2D eigenvalue weighted by Crippen LogP contribution is -2.39. The molecule has 1 aromatic carbocycles. The first-order valence-corrected chi connectivity index (χ1v) is 10.2. The molecule has 6 nitrogen and oxygen atoms in total. The minimum Gasteiger partial charge on any atom is -0.357 e. The predicted octanol–water partition coefficient (Wildman–Crippen LogP) is 2.55. The second kappa shape index (κ2) is 10.1. The van der Waals surface area contributed by atoms with Gasteiger partial charge in [0.15, 0.2) is 5.96 Å². The Hall–Kier alpha value is -1.02. The SMILES string of the molecule is CCNC(=NCCNS(=O)(=O)CC)NC(C)c1ccc(Cl)cc1Cl. The summed E-state index contributed by atoms with van der Waals surface area (Å²) in [6.07, 6.45) is 0. The van der Waals surface area contributed by atoms with Gasteiger partial charge in [-0.1, -0.05) is 29.3 Å². The first-order valence-electron chi connectivity index (χ1n) is 7.76. The maximum atomic E-state index is 11.4. The lowest BCUT2D eigenvalue weighted by Gasteiger charge is -2.19. The average Bonchev–Trinajstić information content (AvgIpc) is 2.51. The minimum atomic E-state index is -3.20. The van der Waals surface area contributed by atoms with Crippen molar-refractivity contribution in [2.24, 2.45) is 4.99 Å². The van der Waals surface area contributed by atoms with Crippen molar-refractivity contribution < 1.29 is 8.42 Å². The second-order valence-corrected chi connectivity index (χ2v) is 8.03. The van der Waals surface area contributed by atoms with Gasteiger partial charge in [0.2, 0.25) is 10.0 Å². The summed E-state index contributed by atoms with van der Waals surface area (Å²) in [5, 5.41) is 7.52. The van der Waals surface area contributed by atoms with Crippen molar-refractivity contribution in [3.63, 3.8) is 0 Å². The number of sulfonamides is 1. The van der Waals surface area contributed by atoms with Crippen LogP contribution < -0.4 is 15.4 Å². The summed E-state index contributed by atoms with van der Waals surface area (Å²) in [4.78, 5) is 4.36. The lowest BCUT2D eigenvalue weighted by atomic mass is 10.1. The van der Waals surface area contributed by atoms with Gasteiger partial charge in [-0.2, -0.15) is 0 Å². The maximum Gasteiger partial charge on any atom is 0.211 e. The van der Waals surface area contributed by atoms with Gasteiger partial charge in [0, 0.05) is 23.1 Å². The van der Waals surface area contributed by atoms with Gasteiger partial charge in [-0.25, -0.2) is 13.1 Å². The van der Waals surface area contributed by atoms with Crippen molar-refractivity contribution in [1.29, 1.82) is 0 Å². The highest BCUT2D eigenvalue weighted by atomic mass is 35.5. The third-order valence-electron chi connectivity index (χ3n) is 3.21. The molecule has 1 rings (SSSR count). The summed E-state index contributed by atoms with van der Waals surface area (Å²) in [6, 6.07) is 5.26. The summed E-state index contributed by atoms with van der Waals surface area (Å²) in [6.45, 7) is 6.78. The number of aliphatic imine (C=N–C) groups is 1. The molecular weight excluding hydrogens is 371 g/mol. The molecule has 0 radical (unpaired) electrons. The number of nitrogens with one attached hydrogen (secondary N) is 3. The van der Waals surface area contributed by atoms with Crippen molar-refractivity contribution in [1.82, 2.24) is 15.4 Å². The normalized spacial score (nSPS) is 13.6. The van der Waals surface area contributed by atoms with Crippen LogP contribution in [-0.4, -0.2) is 39.8 Å². The Balaban J connectivity index is 2.68. The average molecular weight is 395 g/mol. The first kappa shape index (κ1) is 21.0. The van der Waals surface area contributed by atoms with Gasteiger partial charge in [-0.05, 0) is 38.5 Å². The molecule has 136 valence electrons. The number of guanidine groups is 1. The molecule has 0 bridgehead atoms. The van der Waals surface area contributed by atoms with E-state index in [4.69, 9.17) is 23.2 Å². The van der Waals surface area contributed by atoms with E-state index in [9.17, 15) is 8.42 Å². The molecule has 0 saturated carbocycles. The summed E-state index contributed by atoms with van der Waals surface area (Å²) in [5.74, 6) is 0.646. The Morgan fingerprint density at radius 3 is 2.58 bits per heavy atom. The third kappa shape index (κ3) is 7.25. The van der Waals surface area contributed by atoms with E-state index >= 15 is 0 Å². The minimum absolute atomic E-state index is 0.0567. The molecule has 24 heavy (non-hydrogen) atoms. The van der Waals surface area contributed by atoms with E-state index in [2.05, 4.69) is 20.3 Å². The molecule has 0 spiro atoms. The number of hydrogen-bond acceptors (Lipinski definition) is 3. The highest BCUT2D eigenvalue weighted by Crippen LogP contribution is 2.25. The van der Waals surface area contributed by atoms with Crippen LogP contribution in [0.4, 0.5) is 0 Å². The smallest absolute Gasteiger partial charge is 0.211 e. The van der Waals surface area contributed by atoms with Crippen molar-refractivity contribution in [3.8, 4) is 0 Å². The Morgan fingerprint density at radius 1 is 1.29 bits per heavy atom. The highest BCUT2D eigenvalue weighted by Gasteiger charge is 2.12. The van der Waals surface area contributed by atoms with Gasteiger partial charge >= 0.3 is 0 Å². The van der Waals surface area contributed by atoms with E-state index in [1.165, 1.54) is 0 Å². The van der Waals surface area contributed by atoms with E-state index in [1.807, 2.05) is 19.9 Å². The number of benzene rings is 1. The molecule has 0 aliphatic rings. The molecule has 3 N–H and O–H groups in total. The molecule has 9 heteroatoms. The van der Waals surface area contributed by atoms with Crippen LogP contribution in [0.15, 0.2) is 23.2 Å². The van der Waals surface area contributed by atoms with Crippen molar-refractivity contribution in [2.45, 2.75) is 26.8 Å². The van der Waals surface area contributed by atoms with Crippen LogP contribution in [0.1, 0.15) is 32.4 Å². The van der Waals surface area contributed by atoms with Gasteiger partial charge in [0.25, 0.3) is 0 Å². The summed E-state index contributed by atoms with van der Waals surface area (Å²) in [7, 11) is -3.20. The van der Waals surface area contributed by atoms with Crippen molar-refractivity contribution in [3.05, 3.63) is 33.8 Å². The Labute approximate surface area is 154 Å². The molecule has 0 fully saturated rings. The lowest BCUT2D eigenvalue weighted by molar-refractivity contribution is 0.583. The fraction of sp³-hybridized carbons (Fsp3) is 0.533. The molecular formula is C15H24Cl2N4O2S. The third-order valence-corrected chi connectivity index (χ3v) is 5.18. The van der Waals surface area contributed by atoms with Gasteiger partial charge in [0.05, 0.1) is 18.3 Å². The molecule has 0 saturated heterocycles. The fourth-order valence-electron chi connectivity index (χ4n) is 1.93. The predicted molar refractivity (Wildman–Crippen MR) is 101 cm³/mol. The van der Waals surface area contributed by atoms with Crippen LogP contribution in [0.3, 0.4) is 0 Å². The molecule has 0 aliphatic heterocycles. The molecule has 0 aliphatic carbocycles. The highest BCUT2D eigenvalue weighted by molar-refractivity contribution is 7.89. The van der Waals surface area contributed by atoms with Crippen LogP contribution in [0.2, 0.25) is 10.0 Å². The second-order valence-electron chi connectivity index (χ2n) is 5.09. The van der Waals surface area contributed by atoms with Crippen molar-refractivity contribution in [2.75, 3.05) is 25.4 Å². The molecule has 1 unspecified atom stereocenters. The first-order chi connectivity index (χ1) is 11.3. The van der Waals surface area contributed by atoms with Gasteiger partial charge < -0.3 is 10.6 Å². The number of rotatable bonds is 8. The summed E-state index contributed by atoms with van der Waals surface area (Å²) < 4.78 is 25.2. The zero-order valence-corrected chi connectivity index (χ0v) is 16.4. The van der Waals surface area contributed by atoms with E-state index < -0.39 is 10.0 Å². The maximum absolute atomic E-state index is 11.4. The van der Waals surface area contributed by atoms with E-state index in [-0.39, 0.29) is 18.3 Å². The van der Waals surface area contributed by atoms with Crippen molar-refractivity contribution >= 4 is 39.2 Å². The summed E-state index contributed by atoms with van der Waals surface area (Å²) >= 11 is 12.1. The van der Waals surface area contributed by atoms with Crippen LogP contribution in [-0.2, 0) is 10.0 Å². The van der Waals surface area contributed by atoms with Gasteiger partial charge in [-0.15, -0.1) is 0 Å². The molecule has 0 heterocycles. The van der Waals surface area contributed by atoms with Gasteiger partial charge in [-0.3, -0.25) is 4.99 Å². The number of hydrogen-bond donors (Lipinski definition) is 3. The topological polar surface area (TPSA) is 82.6 Å². The Bertz CT molecular complexity index is 665. The zero-order valence-electron chi connectivity index (χ0n) is 14.1. The molecule has 0 aromatic heterocycles. The van der Waals surface area contributed by atoms with E-state index in [0.29, 0.717) is 29.1 Å². The Kier molecular flexibility index (Phi) is 8.83. The number of halogens is 2. The number of nitrogens with zero attached hydrogens (tertiary/aromatic N) is 1. The van der Waals surface area contributed by atoms with Crippen LogP contribution in [0.25, 0.3) is 0 Å². The fourth-order valence-corrected chi connectivity index (χ4v) is 3.11. The molecule has 1 atom stereocenters. The van der Waals surface area contributed by atoms with Crippen LogP contribution in [0, 0.1) is 0 Å². The Morgan fingerprint density at radius 2 is 2.00 bits per heavy atom. The van der Waals surface area contributed by atoms with Gasteiger partial charge in [0.1, 0.15) is 0 Å². The molecule has 1 aromatic rings. The van der Waals surface area contributed by atoms with Crippen LogP contribution in [0.5, 0.6) is 0 Å².